The molecule has 0 atom stereocenters. The molecule has 2 N–H and O–H groups in total. The number of hydrogen-bond donors (Lipinski definition) is 2. The second-order valence-corrected chi connectivity index (χ2v) is 4.50. The Labute approximate surface area is 128 Å². The summed E-state index contributed by atoms with van der Waals surface area (Å²) in [4.78, 5) is 27.0. The molecule has 114 valence electrons. The maximum atomic E-state index is 11.8. The summed E-state index contributed by atoms with van der Waals surface area (Å²) in [5, 5.41) is 5.43. The minimum absolute atomic E-state index is 0.0763. The number of hydrogen-bond acceptors (Lipinski definition) is 4. The molecule has 0 radical (unpaired) electrons. The minimum Gasteiger partial charge on any atom is -0.484 e. The van der Waals surface area contributed by atoms with E-state index in [1.54, 1.807) is 55.7 Å². The van der Waals surface area contributed by atoms with Gasteiger partial charge in [0, 0.05) is 36.3 Å². The van der Waals surface area contributed by atoms with Crippen molar-refractivity contribution in [3.05, 3.63) is 48.8 Å². The number of pyridine rings is 1. The number of aromatic nitrogens is 1. The Bertz CT molecular complexity index is 644. The first-order valence-corrected chi connectivity index (χ1v) is 6.90. The van der Waals surface area contributed by atoms with Gasteiger partial charge in [0.25, 0.3) is 5.91 Å². The first kappa shape index (κ1) is 15.5. The summed E-state index contributed by atoms with van der Waals surface area (Å²) in [5.74, 6) is 0.167. The first-order valence-electron chi connectivity index (χ1n) is 6.90. The summed E-state index contributed by atoms with van der Waals surface area (Å²) in [6.45, 7) is 1.66. The number of nitrogens with zero attached hydrogens (tertiary/aromatic N) is 1. The number of amides is 2. The van der Waals surface area contributed by atoms with Gasteiger partial charge < -0.3 is 15.4 Å². The van der Waals surface area contributed by atoms with Crippen molar-refractivity contribution in [3.8, 4) is 5.75 Å². The molecule has 0 aliphatic carbocycles. The van der Waals surface area contributed by atoms with Crippen LogP contribution >= 0.6 is 0 Å². The molecule has 6 nitrogen and oxygen atoms in total. The van der Waals surface area contributed by atoms with Crippen molar-refractivity contribution in [1.82, 2.24) is 4.98 Å². The Morgan fingerprint density at radius 2 is 1.77 bits per heavy atom. The van der Waals surface area contributed by atoms with Crippen LogP contribution in [0, 0.1) is 0 Å². The lowest BCUT2D eigenvalue weighted by Gasteiger charge is -2.09. The lowest BCUT2D eigenvalue weighted by molar-refractivity contribution is -0.118. The number of carbonyl (C=O) groups excluding carboxylic acids is 2. The lowest BCUT2D eigenvalue weighted by atomic mass is 10.3. The molecule has 0 bridgehead atoms. The van der Waals surface area contributed by atoms with E-state index < -0.39 is 0 Å². The SMILES string of the molecule is CCC(=O)Nc1cccc(OCC(=O)Nc2ccncc2)c1. The van der Waals surface area contributed by atoms with E-state index in [1.807, 2.05) is 0 Å². The number of carbonyl (C=O) groups is 2. The van der Waals surface area contributed by atoms with E-state index in [2.05, 4.69) is 15.6 Å². The van der Waals surface area contributed by atoms with Crippen LogP contribution in [0.25, 0.3) is 0 Å². The van der Waals surface area contributed by atoms with Gasteiger partial charge in [-0.15, -0.1) is 0 Å². The highest BCUT2D eigenvalue weighted by molar-refractivity contribution is 5.92. The van der Waals surface area contributed by atoms with Gasteiger partial charge in [-0.1, -0.05) is 13.0 Å². The molecule has 0 unspecified atom stereocenters. The van der Waals surface area contributed by atoms with Crippen LogP contribution in [-0.4, -0.2) is 23.4 Å². The van der Waals surface area contributed by atoms with Crippen LogP contribution in [-0.2, 0) is 9.59 Å². The summed E-state index contributed by atoms with van der Waals surface area (Å²) in [6, 6.07) is 10.3. The Kier molecular flexibility index (Phi) is 5.48. The van der Waals surface area contributed by atoms with Gasteiger partial charge in [0.2, 0.25) is 5.91 Å². The summed E-state index contributed by atoms with van der Waals surface area (Å²) >= 11 is 0. The average Bonchev–Trinajstić information content (AvgIpc) is 2.54. The van der Waals surface area contributed by atoms with Gasteiger partial charge in [-0.2, -0.15) is 0 Å². The molecular formula is C16H17N3O3. The topological polar surface area (TPSA) is 80.3 Å². The fourth-order valence-electron chi connectivity index (χ4n) is 1.69. The van der Waals surface area contributed by atoms with Crippen molar-refractivity contribution in [2.45, 2.75) is 13.3 Å². The van der Waals surface area contributed by atoms with E-state index >= 15 is 0 Å². The number of ether oxygens (including phenoxy) is 1. The van der Waals surface area contributed by atoms with Crippen LogP contribution in [0.4, 0.5) is 11.4 Å². The van der Waals surface area contributed by atoms with Crippen LogP contribution in [0.3, 0.4) is 0 Å². The van der Waals surface area contributed by atoms with Gasteiger partial charge in [-0.3, -0.25) is 14.6 Å². The number of anilines is 2. The predicted octanol–water partition coefficient (Wildman–Crippen LogP) is 2.45. The van der Waals surface area contributed by atoms with Crippen molar-refractivity contribution in [2.75, 3.05) is 17.2 Å². The van der Waals surface area contributed by atoms with Crippen molar-refractivity contribution < 1.29 is 14.3 Å². The molecule has 2 aromatic rings. The fraction of sp³-hybridized carbons (Fsp3) is 0.188. The normalized spacial score (nSPS) is 9.86. The highest BCUT2D eigenvalue weighted by atomic mass is 16.5. The van der Waals surface area contributed by atoms with Crippen LogP contribution in [0.1, 0.15) is 13.3 Å². The molecule has 0 fully saturated rings. The lowest BCUT2D eigenvalue weighted by Crippen LogP contribution is -2.20. The predicted molar refractivity (Wildman–Crippen MR) is 83.7 cm³/mol. The van der Waals surface area contributed by atoms with E-state index in [4.69, 9.17) is 4.74 Å². The van der Waals surface area contributed by atoms with Gasteiger partial charge in [-0.05, 0) is 24.3 Å². The second-order valence-electron chi connectivity index (χ2n) is 4.50. The van der Waals surface area contributed by atoms with Crippen molar-refractivity contribution in [3.63, 3.8) is 0 Å². The van der Waals surface area contributed by atoms with Crippen molar-refractivity contribution >= 4 is 23.2 Å². The molecule has 0 aliphatic rings. The molecule has 1 heterocycles. The largest absolute Gasteiger partial charge is 0.484 e. The van der Waals surface area contributed by atoms with E-state index in [9.17, 15) is 9.59 Å². The molecule has 6 heteroatoms. The molecular weight excluding hydrogens is 282 g/mol. The van der Waals surface area contributed by atoms with Gasteiger partial charge in [0.15, 0.2) is 6.61 Å². The van der Waals surface area contributed by atoms with E-state index in [0.717, 1.165) is 0 Å². The molecule has 0 aliphatic heterocycles. The Morgan fingerprint density at radius 3 is 2.50 bits per heavy atom. The fourth-order valence-corrected chi connectivity index (χ4v) is 1.69. The Hall–Kier alpha value is -2.89. The van der Waals surface area contributed by atoms with Crippen molar-refractivity contribution in [1.29, 1.82) is 0 Å². The molecule has 0 spiro atoms. The quantitative estimate of drug-likeness (QED) is 0.858. The molecule has 0 saturated carbocycles. The van der Waals surface area contributed by atoms with Gasteiger partial charge >= 0.3 is 0 Å². The number of rotatable bonds is 6. The maximum absolute atomic E-state index is 11.8. The van der Waals surface area contributed by atoms with E-state index in [-0.39, 0.29) is 18.4 Å². The van der Waals surface area contributed by atoms with Crippen LogP contribution in [0.15, 0.2) is 48.8 Å². The molecule has 0 saturated heterocycles. The molecule has 22 heavy (non-hydrogen) atoms. The highest BCUT2D eigenvalue weighted by Crippen LogP contribution is 2.17. The third kappa shape index (κ3) is 4.90. The highest BCUT2D eigenvalue weighted by Gasteiger charge is 2.05. The summed E-state index contributed by atoms with van der Waals surface area (Å²) in [7, 11) is 0. The summed E-state index contributed by atoms with van der Waals surface area (Å²) in [5.41, 5.74) is 1.30. The van der Waals surface area contributed by atoms with Gasteiger partial charge in [-0.25, -0.2) is 0 Å². The van der Waals surface area contributed by atoms with Gasteiger partial charge in [0.05, 0.1) is 0 Å². The smallest absolute Gasteiger partial charge is 0.262 e. The van der Waals surface area contributed by atoms with Crippen LogP contribution < -0.4 is 15.4 Å². The van der Waals surface area contributed by atoms with E-state index in [0.29, 0.717) is 23.5 Å². The first-order chi connectivity index (χ1) is 10.7. The number of nitrogens with one attached hydrogen (secondary N) is 2. The average molecular weight is 299 g/mol. The molecule has 2 rings (SSSR count). The maximum Gasteiger partial charge on any atom is 0.262 e. The summed E-state index contributed by atoms with van der Waals surface area (Å²) < 4.78 is 5.42. The van der Waals surface area contributed by atoms with Crippen molar-refractivity contribution in [2.24, 2.45) is 0 Å². The molecule has 2 amide bonds. The van der Waals surface area contributed by atoms with Gasteiger partial charge in [0.1, 0.15) is 5.75 Å². The minimum atomic E-state index is -0.269. The standard InChI is InChI=1S/C16H17N3O3/c1-2-15(20)19-13-4-3-5-14(10-13)22-11-16(21)18-12-6-8-17-9-7-12/h3-10H,2,11H2,1H3,(H,19,20)(H,17,18,21). The monoisotopic (exact) mass is 299 g/mol. The van der Waals surface area contributed by atoms with Crippen LogP contribution in [0.5, 0.6) is 5.75 Å². The third-order valence-electron chi connectivity index (χ3n) is 2.77. The zero-order valence-corrected chi connectivity index (χ0v) is 12.2. The van der Waals surface area contributed by atoms with E-state index in [1.165, 1.54) is 0 Å². The number of benzene rings is 1. The van der Waals surface area contributed by atoms with Crippen LogP contribution in [0.2, 0.25) is 0 Å². The second kappa shape index (κ2) is 7.78. The molecule has 1 aromatic heterocycles. The molecule has 1 aromatic carbocycles. The summed E-state index contributed by atoms with van der Waals surface area (Å²) in [6.07, 6.45) is 3.59. The zero-order valence-electron chi connectivity index (χ0n) is 12.2. The Morgan fingerprint density at radius 1 is 1.05 bits per heavy atom. The zero-order chi connectivity index (χ0) is 15.8. The Balaban J connectivity index is 1.87. The third-order valence-corrected chi connectivity index (χ3v) is 2.77.